The molecular weight excluding hydrogens is 234 g/mol. The van der Waals surface area contributed by atoms with Gasteiger partial charge in [0.2, 0.25) is 0 Å². The van der Waals surface area contributed by atoms with E-state index in [0.717, 1.165) is 19.6 Å². The van der Waals surface area contributed by atoms with Gasteiger partial charge in [-0.1, -0.05) is 33.3 Å². The molecule has 0 saturated heterocycles. The van der Waals surface area contributed by atoms with Crippen LogP contribution in [0.3, 0.4) is 0 Å². The molecular formula is C16H29N3. The third-order valence-corrected chi connectivity index (χ3v) is 3.26. The SMILES string of the molecule is CCN(CCCCCNC(C)C)Cc1ccccn1. The Morgan fingerprint density at radius 1 is 1.21 bits per heavy atom. The fourth-order valence-corrected chi connectivity index (χ4v) is 2.10. The van der Waals surface area contributed by atoms with Crippen molar-refractivity contribution in [1.29, 1.82) is 0 Å². The van der Waals surface area contributed by atoms with Crippen molar-refractivity contribution in [1.82, 2.24) is 15.2 Å². The van der Waals surface area contributed by atoms with Gasteiger partial charge in [-0.2, -0.15) is 0 Å². The van der Waals surface area contributed by atoms with Gasteiger partial charge >= 0.3 is 0 Å². The molecule has 0 aliphatic heterocycles. The molecule has 1 aromatic rings. The standard InChI is InChI=1S/C16H29N3/c1-4-19(14-16-10-6-8-12-18-16)13-9-5-7-11-17-15(2)3/h6,8,10,12,15,17H,4-5,7,9,11,13-14H2,1-3H3. The Kier molecular flexibility index (Phi) is 8.43. The first-order valence-corrected chi connectivity index (χ1v) is 7.58. The van der Waals surface area contributed by atoms with Crippen molar-refractivity contribution in [3.05, 3.63) is 30.1 Å². The van der Waals surface area contributed by atoms with E-state index in [1.165, 1.54) is 31.5 Å². The Bertz CT molecular complexity index is 311. The minimum atomic E-state index is 0.608. The van der Waals surface area contributed by atoms with Crippen LogP contribution in [0, 0.1) is 0 Å². The maximum absolute atomic E-state index is 4.39. The Labute approximate surface area is 118 Å². The summed E-state index contributed by atoms with van der Waals surface area (Å²) in [6.45, 7) is 11.0. The molecule has 1 aromatic heterocycles. The number of unbranched alkanes of at least 4 members (excludes halogenated alkanes) is 2. The van der Waals surface area contributed by atoms with Crippen molar-refractivity contribution < 1.29 is 0 Å². The zero-order valence-electron chi connectivity index (χ0n) is 12.7. The van der Waals surface area contributed by atoms with Gasteiger partial charge in [0.1, 0.15) is 0 Å². The second-order valence-electron chi connectivity index (χ2n) is 5.36. The quantitative estimate of drug-likeness (QED) is 0.658. The molecule has 19 heavy (non-hydrogen) atoms. The van der Waals surface area contributed by atoms with E-state index in [2.05, 4.69) is 48.1 Å². The lowest BCUT2D eigenvalue weighted by Crippen LogP contribution is -2.25. The second-order valence-corrected chi connectivity index (χ2v) is 5.36. The van der Waals surface area contributed by atoms with Crippen LogP contribution in [0.15, 0.2) is 24.4 Å². The molecule has 0 amide bonds. The van der Waals surface area contributed by atoms with Crippen molar-refractivity contribution in [2.24, 2.45) is 0 Å². The molecule has 1 rings (SSSR count). The third-order valence-electron chi connectivity index (χ3n) is 3.26. The lowest BCUT2D eigenvalue weighted by atomic mass is 10.2. The molecule has 3 nitrogen and oxygen atoms in total. The summed E-state index contributed by atoms with van der Waals surface area (Å²) in [6, 6.07) is 6.75. The fraction of sp³-hybridized carbons (Fsp3) is 0.688. The molecule has 0 bridgehead atoms. The molecule has 0 aliphatic rings. The summed E-state index contributed by atoms with van der Waals surface area (Å²) >= 11 is 0. The highest BCUT2D eigenvalue weighted by Gasteiger charge is 2.03. The van der Waals surface area contributed by atoms with Crippen molar-refractivity contribution in [2.75, 3.05) is 19.6 Å². The zero-order chi connectivity index (χ0) is 13.9. The number of rotatable bonds is 10. The summed E-state index contributed by atoms with van der Waals surface area (Å²) in [5, 5.41) is 3.46. The summed E-state index contributed by atoms with van der Waals surface area (Å²) in [5.41, 5.74) is 1.17. The molecule has 0 saturated carbocycles. The largest absolute Gasteiger partial charge is 0.315 e. The van der Waals surface area contributed by atoms with E-state index in [0.29, 0.717) is 6.04 Å². The first kappa shape index (κ1) is 16.1. The number of nitrogens with zero attached hydrogens (tertiary/aromatic N) is 2. The van der Waals surface area contributed by atoms with E-state index in [1.54, 1.807) is 0 Å². The van der Waals surface area contributed by atoms with Crippen LogP contribution >= 0.6 is 0 Å². The minimum absolute atomic E-state index is 0.608. The molecule has 0 atom stereocenters. The summed E-state index contributed by atoms with van der Waals surface area (Å²) in [6.07, 6.45) is 5.74. The molecule has 108 valence electrons. The molecule has 0 aliphatic carbocycles. The van der Waals surface area contributed by atoms with Crippen LogP contribution in [0.4, 0.5) is 0 Å². The number of aromatic nitrogens is 1. The van der Waals surface area contributed by atoms with E-state index in [4.69, 9.17) is 0 Å². The molecule has 0 fully saturated rings. The monoisotopic (exact) mass is 263 g/mol. The predicted molar refractivity (Wildman–Crippen MR) is 82.2 cm³/mol. The fourth-order valence-electron chi connectivity index (χ4n) is 2.10. The Balaban J connectivity index is 2.12. The summed E-state index contributed by atoms with van der Waals surface area (Å²) in [4.78, 5) is 6.86. The van der Waals surface area contributed by atoms with Gasteiger partial charge < -0.3 is 5.32 Å². The topological polar surface area (TPSA) is 28.2 Å². The average Bonchev–Trinajstić information content (AvgIpc) is 2.42. The normalized spacial score (nSPS) is 11.4. The maximum Gasteiger partial charge on any atom is 0.0543 e. The lowest BCUT2D eigenvalue weighted by Gasteiger charge is -2.19. The van der Waals surface area contributed by atoms with Gasteiger partial charge in [0.25, 0.3) is 0 Å². The van der Waals surface area contributed by atoms with Crippen LogP contribution in [0.5, 0.6) is 0 Å². The Morgan fingerprint density at radius 2 is 2.05 bits per heavy atom. The molecule has 0 radical (unpaired) electrons. The van der Waals surface area contributed by atoms with Crippen LogP contribution in [0.1, 0.15) is 45.7 Å². The maximum atomic E-state index is 4.39. The second kappa shape index (κ2) is 9.93. The summed E-state index contributed by atoms with van der Waals surface area (Å²) < 4.78 is 0. The molecule has 0 aromatic carbocycles. The van der Waals surface area contributed by atoms with E-state index >= 15 is 0 Å². The predicted octanol–water partition coefficient (Wildman–Crippen LogP) is 3.07. The highest BCUT2D eigenvalue weighted by atomic mass is 15.1. The smallest absolute Gasteiger partial charge is 0.0543 e. The first-order valence-electron chi connectivity index (χ1n) is 7.58. The highest BCUT2D eigenvalue weighted by Crippen LogP contribution is 2.04. The number of hydrogen-bond acceptors (Lipinski definition) is 3. The van der Waals surface area contributed by atoms with Crippen molar-refractivity contribution >= 4 is 0 Å². The van der Waals surface area contributed by atoms with Crippen molar-refractivity contribution in [2.45, 2.75) is 52.6 Å². The molecule has 1 N–H and O–H groups in total. The van der Waals surface area contributed by atoms with E-state index in [-0.39, 0.29) is 0 Å². The number of pyridine rings is 1. The van der Waals surface area contributed by atoms with E-state index in [9.17, 15) is 0 Å². The zero-order valence-corrected chi connectivity index (χ0v) is 12.7. The molecule has 1 heterocycles. The van der Waals surface area contributed by atoms with Crippen LogP contribution in [0.2, 0.25) is 0 Å². The van der Waals surface area contributed by atoms with E-state index < -0.39 is 0 Å². The Hall–Kier alpha value is -0.930. The molecule has 0 unspecified atom stereocenters. The van der Waals surface area contributed by atoms with Gasteiger partial charge in [-0.15, -0.1) is 0 Å². The van der Waals surface area contributed by atoms with Crippen LogP contribution in [0.25, 0.3) is 0 Å². The van der Waals surface area contributed by atoms with Gasteiger partial charge in [0.15, 0.2) is 0 Å². The van der Waals surface area contributed by atoms with Crippen LogP contribution in [-0.2, 0) is 6.54 Å². The summed E-state index contributed by atoms with van der Waals surface area (Å²) in [5.74, 6) is 0. The minimum Gasteiger partial charge on any atom is -0.315 e. The van der Waals surface area contributed by atoms with Crippen LogP contribution in [-0.4, -0.2) is 35.6 Å². The van der Waals surface area contributed by atoms with Gasteiger partial charge in [0, 0.05) is 18.8 Å². The van der Waals surface area contributed by atoms with Crippen LogP contribution < -0.4 is 5.32 Å². The Morgan fingerprint density at radius 3 is 2.68 bits per heavy atom. The first-order chi connectivity index (χ1) is 9.22. The van der Waals surface area contributed by atoms with Gasteiger partial charge in [-0.25, -0.2) is 0 Å². The molecule has 0 spiro atoms. The van der Waals surface area contributed by atoms with Gasteiger partial charge in [0.05, 0.1) is 5.69 Å². The average molecular weight is 263 g/mol. The number of hydrogen-bond donors (Lipinski definition) is 1. The number of nitrogens with one attached hydrogen (secondary N) is 1. The van der Waals surface area contributed by atoms with Gasteiger partial charge in [-0.05, 0) is 44.6 Å². The highest BCUT2D eigenvalue weighted by molar-refractivity contribution is 5.03. The van der Waals surface area contributed by atoms with E-state index in [1.807, 2.05) is 12.3 Å². The summed E-state index contributed by atoms with van der Waals surface area (Å²) in [7, 11) is 0. The molecule has 3 heteroatoms. The third kappa shape index (κ3) is 7.96. The lowest BCUT2D eigenvalue weighted by molar-refractivity contribution is 0.269. The van der Waals surface area contributed by atoms with Crippen molar-refractivity contribution in [3.63, 3.8) is 0 Å². The van der Waals surface area contributed by atoms with Crippen molar-refractivity contribution in [3.8, 4) is 0 Å². The van der Waals surface area contributed by atoms with Gasteiger partial charge in [-0.3, -0.25) is 9.88 Å².